The summed E-state index contributed by atoms with van der Waals surface area (Å²) in [6.45, 7) is 2.00. The molecule has 1 aromatic rings. The van der Waals surface area contributed by atoms with E-state index in [4.69, 9.17) is 10.8 Å². The highest BCUT2D eigenvalue weighted by atomic mass is 16.4. The van der Waals surface area contributed by atoms with Gasteiger partial charge in [0.25, 0.3) is 0 Å². The standard InChI is InChI=1S/C11H16N4O2/c12-9(11(16)17)10-14-5-8(6-15-10)7-1-3-13-4-2-7/h5-7,9,13H,1-4,12H2,(H,16,17). The van der Waals surface area contributed by atoms with Crippen molar-refractivity contribution in [2.45, 2.75) is 24.8 Å². The second-order valence-electron chi connectivity index (χ2n) is 4.21. The molecule has 6 heteroatoms. The van der Waals surface area contributed by atoms with E-state index in [0.29, 0.717) is 5.92 Å². The monoisotopic (exact) mass is 236 g/mol. The number of carboxylic acid groups (broad SMARTS) is 1. The maximum Gasteiger partial charge on any atom is 0.328 e. The highest BCUT2D eigenvalue weighted by Gasteiger charge is 2.19. The molecule has 92 valence electrons. The fourth-order valence-electron chi connectivity index (χ4n) is 1.99. The normalized spacial score (nSPS) is 18.9. The average molecular weight is 236 g/mol. The molecule has 1 atom stereocenters. The molecule has 0 amide bonds. The SMILES string of the molecule is NC(C(=O)O)c1ncc(C2CCNCC2)cn1. The first-order chi connectivity index (χ1) is 8.18. The highest BCUT2D eigenvalue weighted by molar-refractivity contribution is 5.73. The van der Waals surface area contributed by atoms with Gasteiger partial charge in [-0.1, -0.05) is 0 Å². The van der Waals surface area contributed by atoms with Crippen LogP contribution in [-0.4, -0.2) is 34.1 Å². The summed E-state index contributed by atoms with van der Waals surface area (Å²) in [4.78, 5) is 18.7. The molecule has 0 aromatic carbocycles. The Hall–Kier alpha value is -1.53. The van der Waals surface area contributed by atoms with Crippen LogP contribution >= 0.6 is 0 Å². The van der Waals surface area contributed by atoms with E-state index in [9.17, 15) is 4.79 Å². The van der Waals surface area contributed by atoms with Crippen molar-refractivity contribution < 1.29 is 9.90 Å². The molecule has 2 heterocycles. The Bertz CT molecular complexity index is 387. The Kier molecular flexibility index (Phi) is 3.65. The van der Waals surface area contributed by atoms with Crippen molar-refractivity contribution in [1.82, 2.24) is 15.3 Å². The topological polar surface area (TPSA) is 101 Å². The Morgan fingerprint density at radius 3 is 2.53 bits per heavy atom. The summed E-state index contributed by atoms with van der Waals surface area (Å²) in [7, 11) is 0. The van der Waals surface area contributed by atoms with Crippen LogP contribution in [0.15, 0.2) is 12.4 Å². The van der Waals surface area contributed by atoms with Gasteiger partial charge < -0.3 is 16.2 Å². The second-order valence-corrected chi connectivity index (χ2v) is 4.21. The fraction of sp³-hybridized carbons (Fsp3) is 0.545. The first-order valence-corrected chi connectivity index (χ1v) is 5.69. The molecule has 2 rings (SSSR count). The Labute approximate surface area is 99.3 Å². The first kappa shape index (κ1) is 11.9. The number of rotatable bonds is 3. The lowest BCUT2D eigenvalue weighted by atomic mass is 9.92. The molecular formula is C11H16N4O2. The minimum atomic E-state index is -1.14. The molecule has 1 unspecified atom stereocenters. The summed E-state index contributed by atoms with van der Waals surface area (Å²) >= 11 is 0. The average Bonchev–Trinajstić information content (AvgIpc) is 2.39. The van der Waals surface area contributed by atoms with Crippen LogP contribution in [0.3, 0.4) is 0 Å². The molecule has 0 spiro atoms. The van der Waals surface area contributed by atoms with E-state index in [-0.39, 0.29) is 5.82 Å². The van der Waals surface area contributed by atoms with Crippen LogP contribution in [0.1, 0.15) is 36.2 Å². The molecule has 0 aliphatic carbocycles. The van der Waals surface area contributed by atoms with Gasteiger partial charge in [0.1, 0.15) is 0 Å². The van der Waals surface area contributed by atoms with Crippen LogP contribution in [0, 0.1) is 0 Å². The minimum Gasteiger partial charge on any atom is -0.480 e. The molecule has 6 nitrogen and oxygen atoms in total. The third-order valence-corrected chi connectivity index (χ3v) is 3.05. The van der Waals surface area contributed by atoms with E-state index >= 15 is 0 Å². The van der Waals surface area contributed by atoms with Crippen molar-refractivity contribution in [3.05, 3.63) is 23.8 Å². The van der Waals surface area contributed by atoms with Gasteiger partial charge in [-0.05, 0) is 37.4 Å². The molecule has 4 N–H and O–H groups in total. The molecule has 0 saturated carbocycles. The van der Waals surface area contributed by atoms with Crippen molar-refractivity contribution in [1.29, 1.82) is 0 Å². The van der Waals surface area contributed by atoms with E-state index in [2.05, 4.69) is 15.3 Å². The predicted molar refractivity (Wildman–Crippen MR) is 61.4 cm³/mol. The molecular weight excluding hydrogens is 220 g/mol. The number of carboxylic acids is 1. The number of nitrogens with zero attached hydrogens (tertiary/aromatic N) is 2. The zero-order chi connectivity index (χ0) is 12.3. The van der Waals surface area contributed by atoms with Gasteiger partial charge in [-0.3, -0.25) is 4.79 Å². The lowest BCUT2D eigenvalue weighted by molar-refractivity contribution is -0.138. The van der Waals surface area contributed by atoms with E-state index in [1.807, 2.05) is 0 Å². The molecule has 0 bridgehead atoms. The van der Waals surface area contributed by atoms with Crippen LogP contribution in [0.2, 0.25) is 0 Å². The van der Waals surface area contributed by atoms with E-state index in [1.165, 1.54) is 0 Å². The number of aromatic nitrogens is 2. The van der Waals surface area contributed by atoms with Gasteiger partial charge in [-0.15, -0.1) is 0 Å². The van der Waals surface area contributed by atoms with Gasteiger partial charge in [-0.25, -0.2) is 9.97 Å². The lowest BCUT2D eigenvalue weighted by Gasteiger charge is -2.22. The van der Waals surface area contributed by atoms with Crippen LogP contribution in [0.4, 0.5) is 0 Å². The van der Waals surface area contributed by atoms with Gasteiger partial charge in [0, 0.05) is 12.4 Å². The molecule has 0 radical (unpaired) electrons. The summed E-state index contributed by atoms with van der Waals surface area (Å²) in [5, 5.41) is 12.0. The largest absolute Gasteiger partial charge is 0.480 e. The maximum absolute atomic E-state index is 10.7. The van der Waals surface area contributed by atoms with Gasteiger partial charge in [-0.2, -0.15) is 0 Å². The number of piperidine rings is 1. The first-order valence-electron chi connectivity index (χ1n) is 5.69. The predicted octanol–water partition coefficient (Wildman–Crippen LogP) is 0.0280. The Morgan fingerprint density at radius 2 is 2.00 bits per heavy atom. The number of nitrogens with two attached hydrogens (primary N) is 1. The zero-order valence-electron chi connectivity index (χ0n) is 9.47. The smallest absolute Gasteiger partial charge is 0.328 e. The Morgan fingerprint density at radius 1 is 1.41 bits per heavy atom. The quantitative estimate of drug-likeness (QED) is 0.684. The summed E-state index contributed by atoms with van der Waals surface area (Å²) in [6.07, 6.45) is 5.52. The number of aliphatic carboxylic acids is 1. The summed E-state index contributed by atoms with van der Waals surface area (Å²) in [5.41, 5.74) is 6.49. The van der Waals surface area contributed by atoms with E-state index in [0.717, 1.165) is 31.5 Å². The van der Waals surface area contributed by atoms with Gasteiger partial charge in [0.05, 0.1) is 0 Å². The van der Waals surface area contributed by atoms with Crippen molar-refractivity contribution in [2.24, 2.45) is 5.73 Å². The van der Waals surface area contributed by atoms with Crippen LogP contribution in [-0.2, 0) is 4.79 Å². The Balaban J connectivity index is 2.09. The van der Waals surface area contributed by atoms with Crippen LogP contribution in [0.5, 0.6) is 0 Å². The third-order valence-electron chi connectivity index (χ3n) is 3.05. The van der Waals surface area contributed by atoms with E-state index in [1.54, 1.807) is 12.4 Å². The van der Waals surface area contributed by atoms with Crippen molar-refractivity contribution in [3.8, 4) is 0 Å². The number of hydrogen-bond acceptors (Lipinski definition) is 5. The minimum absolute atomic E-state index is 0.162. The number of nitrogens with one attached hydrogen (secondary N) is 1. The van der Waals surface area contributed by atoms with Gasteiger partial charge in [0.15, 0.2) is 11.9 Å². The molecule has 1 fully saturated rings. The van der Waals surface area contributed by atoms with E-state index < -0.39 is 12.0 Å². The lowest BCUT2D eigenvalue weighted by Crippen LogP contribution is -2.27. The molecule has 1 saturated heterocycles. The molecule has 1 aliphatic rings. The molecule has 17 heavy (non-hydrogen) atoms. The van der Waals surface area contributed by atoms with Gasteiger partial charge >= 0.3 is 5.97 Å². The number of hydrogen-bond donors (Lipinski definition) is 3. The third kappa shape index (κ3) is 2.78. The van der Waals surface area contributed by atoms with Crippen molar-refractivity contribution >= 4 is 5.97 Å². The summed E-state index contributed by atoms with van der Waals surface area (Å²) in [6, 6.07) is -1.14. The highest BCUT2D eigenvalue weighted by Crippen LogP contribution is 2.23. The fourth-order valence-corrected chi connectivity index (χ4v) is 1.99. The maximum atomic E-state index is 10.7. The van der Waals surface area contributed by atoms with Crippen molar-refractivity contribution in [3.63, 3.8) is 0 Å². The summed E-state index contributed by atoms with van der Waals surface area (Å²) < 4.78 is 0. The number of carbonyl (C=O) groups is 1. The van der Waals surface area contributed by atoms with Crippen LogP contribution in [0.25, 0.3) is 0 Å². The van der Waals surface area contributed by atoms with Crippen molar-refractivity contribution in [2.75, 3.05) is 13.1 Å². The molecule has 1 aliphatic heterocycles. The second kappa shape index (κ2) is 5.20. The zero-order valence-corrected chi connectivity index (χ0v) is 9.47. The molecule has 1 aromatic heterocycles. The van der Waals surface area contributed by atoms with Crippen LogP contribution < -0.4 is 11.1 Å². The van der Waals surface area contributed by atoms with Gasteiger partial charge in [0.2, 0.25) is 0 Å². The summed E-state index contributed by atoms with van der Waals surface area (Å²) in [5.74, 6) is -0.485.